The summed E-state index contributed by atoms with van der Waals surface area (Å²) in [6, 6.07) is 6.34. The van der Waals surface area contributed by atoms with Crippen LogP contribution in [0.4, 0.5) is 11.4 Å². The fourth-order valence-corrected chi connectivity index (χ4v) is 4.38. The lowest BCUT2D eigenvalue weighted by molar-refractivity contribution is -0.384. The second kappa shape index (κ2) is 6.68. The summed E-state index contributed by atoms with van der Waals surface area (Å²) in [6.45, 7) is 0.782. The molecule has 19 heavy (non-hydrogen) atoms. The van der Waals surface area contributed by atoms with Crippen LogP contribution in [0.1, 0.15) is 5.56 Å². The van der Waals surface area contributed by atoms with Crippen LogP contribution in [0.15, 0.2) is 18.2 Å². The Morgan fingerprint density at radius 2 is 2.37 bits per heavy atom. The molecule has 1 N–H and O–H groups in total. The van der Waals surface area contributed by atoms with E-state index in [1.165, 1.54) is 17.9 Å². The van der Waals surface area contributed by atoms with Gasteiger partial charge in [0.25, 0.3) is 5.69 Å². The molecule has 100 valence electrons. The molecule has 0 radical (unpaired) electrons. The summed E-state index contributed by atoms with van der Waals surface area (Å²) in [5.41, 5.74) is 0.941. The summed E-state index contributed by atoms with van der Waals surface area (Å²) < 4.78 is 0. The lowest BCUT2D eigenvalue weighted by atomic mass is 10.1. The van der Waals surface area contributed by atoms with Crippen LogP contribution in [0.25, 0.3) is 0 Å². The number of hydrogen-bond donors (Lipinski definition) is 1. The molecule has 1 aromatic rings. The van der Waals surface area contributed by atoms with E-state index in [4.69, 9.17) is 5.26 Å². The minimum Gasteiger partial charge on any atom is -0.383 e. The van der Waals surface area contributed by atoms with Crippen molar-refractivity contribution in [3.8, 4) is 6.07 Å². The number of hydrogen-bond acceptors (Lipinski definition) is 6. The first-order valence-corrected chi connectivity index (χ1v) is 8.03. The Labute approximate surface area is 119 Å². The van der Waals surface area contributed by atoms with Gasteiger partial charge < -0.3 is 5.32 Å². The average molecular weight is 295 g/mol. The molecule has 7 heteroatoms. The molecular weight excluding hydrogens is 282 g/mol. The summed E-state index contributed by atoms with van der Waals surface area (Å²) >= 11 is 3.87. The van der Waals surface area contributed by atoms with E-state index in [2.05, 4.69) is 5.32 Å². The van der Waals surface area contributed by atoms with Gasteiger partial charge in [0.1, 0.15) is 6.07 Å². The van der Waals surface area contributed by atoms with Crippen LogP contribution in [0.2, 0.25) is 0 Å². The monoisotopic (exact) mass is 295 g/mol. The van der Waals surface area contributed by atoms with E-state index < -0.39 is 4.92 Å². The average Bonchev–Trinajstić information content (AvgIpc) is 2.45. The molecule has 1 unspecified atom stereocenters. The van der Waals surface area contributed by atoms with E-state index >= 15 is 0 Å². The standard InChI is InChI=1S/C12H13N3O2S2/c13-6-9-5-10(15(16)17)1-2-12(9)14-7-11-8-18-3-4-19-11/h1-2,5,11,14H,3-4,7-8H2. The third-order valence-electron chi connectivity index (χ3n) is 2.74. The van der Waals surface area contributed by atoms with Crippen molar-refractivity contribution in [2.24, 2.45) is 0 Å². The molecule has 1 aromatic carbocycles. The van der Waals surface area contributed by atoms with Crippen molar-refractivity contribution in [2.45, 2.75) is 5.25 Å². The Morgan fingerprint density at radius 1 is 1.53 bits per heavy atom. The van der Waals surface area contributed by atoms with Gasteiger partial charge in [-0.1, -0.05) is 0 Å². The Kier molecular flexibility index (Phi) is 4.93. The smallest absolute Gasteiger partial charge is 0.270 e. The van der Waals surface area contributed by atoms with Gasteiger partial charge in [-0.25, -0.2) is 0 Å². The van der Waals surface area contributed by atoms with E-state index in [0.717, 1.165) is 18.1 Å². The fourth-order valence-electron chi connectivity index (χ4n) is 1.77. The number of non-ortho nitro benzene ring substituents is 1. The molecule has 0 saturated carbocycles. The zero-order chi connectivity index (χ0) is 13.7. The van der Waals surface area contributed by atoms with Gasteiger partial charge in [-0.3, -0.25) is 10.1 Å². The van der Waals surface area contributed by atoms with Crippen LogP contribution in [-0.4, -0.2) is 34.0 Å². The maximum absolute atomic E-state index is 10.7. The number of anilines is 1. The molecule has 1 aliphatic rings. The second-order valence-corrected chi connectivity index (χ2v) is 6.61. The molecule has 1 fully saturated rings. The van der Waals surface area contributed by atoms with Crippen LogP contribution in [0.3, 0.4) is 0 Å². The molecule has 2 rings (SSSR count). The van der Waals surface area contributed by atoms with Gasteiger partial charge in [-0.15, -0.1) is 0 Å². The molecule has 0 aliphatic carbocycles. The predicted molar refractivity (Wildman–Crippen MR) is 79.9 cm³/mol. The van der Waals surface area contributed by atoms with Gasteiger partial charge in [-0.05, 0) is 6.07 Å². The summed E-state index contributed by atoms with van der Waals surface area (Å²) in [5.74, 6) is 3.46. The molecule has 1 atom stereocenters. The van der Waals surface area contributed by atoms with Crippen molar-refractivity contribution in [1.29, 1.82) is 5.26 Å². The van der Waals surface area contributed by atoms with Crippen molar-refractivity contribution < 1.29 is 4.92 Å². The Morgan fingerprint density at radius 3 is 3.00 bits per heavy atom. The lowest BCUT2D eigenvalue weighted by Gasteiger charge is -2.21. The Hall–Kier alpha value is -1.39. The number of nitrogens with one attached hydrogen (secondary N) is 1. The van der Waals surface area contributed by atoms with E-state index in [9.17, 15) is 10.1 Å². The minimum atomic E-state index is -0.488. The van der Waals surface area contributed by atoms with Crippen LogP contribution < -0.4 is 5.32 Å². The second-order valence-electron chi connectivity index (χ2n) is 4.05. The molecule has 0 spiro atoms. The summed E-state index contributed by atoms with van der Waals surface area (Å²) in [4.78, 5) is 10.2. The highest BCUT2D eigenvalue weighted by Crippen LogP contribution is 2.26. The van der Waals surface area contributed by atoms with Crippen molar-refractivity contribution in [1.82, 2.24) is 0 Å². The molecule has 5 nitrogen and oxygen atoms in total. The first kappa shape index (κ1) is 14.0. The molecule has 0 aromatic heterocycles. The van der Waals surface area contributed by atoms with Gasteiger partial charge >= 0.3 is 0 Å². The first-order valence-electron chi connectivity index (χ1n) is 5.82. The third kappa shape index (κ3) is 3.78. The first-order chi connectivity index (χ1) is 9.20. The number of rotatable bonds is 4. The zero-order valence-corrected chi connectivity index (χ0v) is 11.8. The van der Waals surface area contributed by atoms with Gasteiger partial charge in [-0.2, -0.15) is 28.8 Å². The number of nitrogens with zero attached hydrogens (tertiary/aromatic N) is 2. The van der Waals surface area contributed by atoms with E-state index in [-0.39, 0.29) is 5.69 Å². The van der Waals surface area contributed by atoms with Crippen LogP contribution in [0.5, 0.6) is 0 Å². The maximum atomic E-state index is 10.7. The van der Waals surface area contributed by atoms with Crippen molar-refractivity contribution in [3.63, 3.8) is 0 Å². The summed E-state index contributed by atoms with van der Waals surface area (Å²) in [7, 11) is 0. The number of benzene rings is 1. The SMILES string of the molecule is N#Cc1cc([N+](=O)[O-])ccc1NCC1CSCCS1. The molecule has 1 saturated heterocycles. The number of nitro benzene ring substituents is 1. The Bertz CT molecular complexity index is 510. The highest BCUT2D eigenvalue weighted by atomic mass is 32.2. The van der Waals surface area contributed by atoms with Crippen molar-refractivity contribution >= 4 is 34.9 Å². The topological polar surface area (TPSA) is 79.0 Å². The highest BCUT2D eigenvalue weighted by Gasteiger charge is 2.15. The number of nitriles is 1. The largest absolute Gasteiger partial charge is 0.383 e. The Balaban J connectivity index is 2.03. The predicted octanol–water partition coefficient (Wildman–Crippen LogP) is 2.73. The summed E-state index contributed by atoms with van der Waals surface area (Å²) in [6.07, 6.45) is 0. The number of thioether (sulfide) groups is 2. The summed E-state index contributed by atoms with van der Waals surface area (Å²) in [5, 5.41) is 23.4. The molecule has 1 heterocycles. The van der Waals surface area contributed by atoms with Crippen LogP contribution >= 0.6 is 23.5 Å². The maximum Gasteiger partial charge on any atom is 0.270 e. The van der Waals surface area contributed by atoms with E-state index in [0.29, 0.717) is 16.5 Å². The fraction of sp³-hybridized carbons (Fsp3) is 0.417. The highest BCUT2D eigenvalue weighted by molar-refractivity contribution is 8.06. The molecule has 1 aliphatic heterocycles. The van der Waals surface area contributed by atoms with E-state index in [1.807, 2.05) is 29.6 Å². The molecular formula is C12H13N3O2S2. The number of nitro groups is 1. The lowest BCUT2D eigenvalue weighted by Crippen LogP contribution is -2.23. The molecule has 0 bridgehead atoms. The van der Waals surface area contributed by atoms with Crippen molar-refractivity contribution in [3.05, 3.63) is 33.9 Å². The normalized spacial score (nSPS) is 18.6. The minimum absolute atomic E-state index is 0.0512. The van der Waals surface area contributed by atoms with Gasteiger partial charge in [0.05, 0.1) is 16.2 Å². The van der Waals surface area contributed by atoms with Gasteiger partial charge in [0.2, 0.25) is 0 Å². The third-order valence-corrected chi connectivity index (χ3v) is 5.58. The van der Waals surface area contributed by atoms with Crippen molar-refractivity contribution in [2.75, 3.05) is 29.1 Å². The van der Waals surface area contributed by atoms with Gasteiger partial charge in [0.15, 0.2) is 0 Å². The molecule has 0 amide bonds. The zero-order valence-electron chi connectivity index (χ0n) is 10.2. The quantitative estimate of drug-likeness (QED) is 0.679. The van der Waals surface area contributed by atoms with Gasteiger partial charge in [0, 0.05) is 41.2 Å². The van der Waals surface area contributed by atoms with Crippen LogP contribution in [0, 0.1) is 21.4 Å². The van der Waals surface area contributed by atoms with Crippen LogP contribution in [-0.2, 0) is 0 Å². The van der Waals surface area contributed by atoms with E-state index in [1.54, 1.807) is 6.07 Å².